The largest absolute Gasteiger partial charge is 0.383 e. The summed E-state index contributed by atoms with van der Waals surface area (Å²) in [6, 6.07) is 11.1. The Balaban J connectivity index is 1.43. The van der Waals surface area contributed by atoms with Crippen LogP contribution >= 0.6 is 0 Å². The van der Waals surface area contributed by atoms with Gasteiger partial charge in [0.2, 0.25) is 5.95 Å². The number of pyridine rings is 1. The lowest BCUT2D eigenvalue weighted by Crippen LogP contribution is -2.47. The predicted octanol–water partition coefficient (Wildman–Crippen LogP) is 3.12. The SMILES string of the molecule is Cc1cc(C)c2c(N)nc(N[C@H]3CCN(Cc4ccc(C#N)cc4)C[C@@H]3F)nc2n1. The van der Waals surface area contributed by atoms with Gasteiger partial charge in [0.25, 0.3) is 0 Å². The number of nitriles is 1. The van der Waals surface area contributed by atoms with Crippen LogP contribution in [0.4, 0.5) is 16.2 Å². The molecule has 8 heteroatoms. The third-order valence-electron chi connectivity index (χ3n) is 5.45. The van der Waals surface area contributed by atoms with Crippen molar-refractivity contribution in [2.24, 2.45) is 0 Å². The number of aryl methyl sites for hydroxylation is 2. The predicted molar refractivity (Wildman–Crippen MR) is 115 cm³/mol. The van der Waals surface area contributed by atoms with Gasteiger partial charge in [-0.25, -0.2) is 9.37 Å². The molecule has 3 heterocycles. The minimum absolute atomic E-state index is 0.311. The van der Waals surface area contributed by atoms with Crippen LogP contribution in [0.25, 0.3) is 11.0 Å². The van der Waals surface area contributed by atoms with E-state index in [0.717, 1.165) is 28.8 Å². The Hall–Kier alpha value is -3.31. The number of hydrogen-bond donors (Lipinski definition) is 2. The number of halogens is 1. The van der Waals surface area contributed by atoms with E-state index in [-0.39, 0.29) is 6.04 Å². The van der Waals surface area contributed by atoms with Crippen LogP contribution in [-0.2, 0) is 6.54 Å². The molecule has 1 saturated heterocycles. The average molecular weight is 405 g/mol. The Labute approximate surface area is 174 Å². The summed E-state index contributed by atoms with van der Waals surface area (Å²) in [6.07, 6.45) is -0.441. The lowest BCUT2D eigenvalue weighted by atomic mass is 10.0. The summed E-state index contributed by atoms with van der Waals surface area (Å²) >= 11 is 0. The van der Waals surface area contributed by atoms with E-state index in [1.165, 1.54) is 0 Å². The Morgan fingerprint density at radius 1 is 1.23 bits per heavy atom. The fraction of sp³-hybridized carbons (Fsp3) is 0.364. The Bertz CT molecular complexity index is 1110. The minimum atomic E-state index is -1.06. The quantitative estimate of drug-likeness (QED) is 0.687. The molecule has 0 aliphatic carbocycles. The van der Waals surface area contributed by atoms with Crippen molar-refractivity contribution < 1.29 is 4.39 Å². The molecule has 0 unspecified atom stereocenters. The zero-order valence-electron chi connectivity index (χ0n) is 17.1. The summed E-state index contributed by atoms with van der Waals surface area (Å²) < 4.78 is 14.9. The zero-order valence-corrected chi connectivity index (χ0v) is 17.1. The third kappa shape index (κ3) is 4.16. The van der Waals surface area contributed by atoms with E-state index in [2.05, 4.69) is 31.2 Å². The van der Waals surface area contributed by atoms with Crippen molar-refractivity contribution in [3.8, 4) is 6.07 Å². The van der Waals surface area contributed by atoms with E-state index in [4.69, 9.17) is 11.0 Å². The van der Waals surface area contributed by atoms with Crippen LogP contribution in [0.3, 0.4) is 0 Å². The molecule has 0 amide bonds. The number of nitrogens with zero attached hydrogens (tertiary/aromatic N) is 5. The van der Waals surface area contributed by atoms with Gasteiger partial charge in [0.1, 0.15) is 12.0 Å². The van der Waals surface area contributed by atoms with Gasteiger partial charge in [-0.3, -0.25) is 4.90 Å². The molecule has 4 rings (SSSR count). The molecule has 0 spiro atoms. The summed E-state index contributed by atoms with van der Waals surface area (Å²) in [7, 11) is 0. The van der Waals surface area contributed by atoms with E-state index in [0.29, 0.717) is 42.5 Å². The number of rotatable bonds is 4. The van der Waals surface area contributed by atoms with Gasteiger partial charge in [0.15, 0.2) is 5.65 Å². The van der Waals surface area contributed by atoms with Crippen LogP contribution in [0.5, 0.6) is 0 Å². The molecule has 1 aromatic carbocycles. The fourth-order valence-electron chi connectivity index (χ4n) is 3.96. The van der Waals surface area contributed by atoms with E-state index in [9.17, 15) is 4.39 Å². The Morgan fingerprint density at radius 2 is 2.00 bits per heavy atom. The van der Waals surface area contributed by atoms with Crippen molar-refractivity contribution in [1.29, 1.82) is 5.26 Å². The van der Waals surface area contributed by atoms with Gasteiger partial charge in [0, 0.05) is 25.3 Å². The molecular formula is C22H24FN7. The van der Waals surface area contributed by atoms with E-state index < -0.39 is 6.17 Å². The monoisotopic (exact) mass is 405 g/mol. The normalized spacial score (nSPS) is 19.5. The number of alkyl halides is 1. The highest BCUT2D eigenvalue weighted by molar-refractivity contribution is 5.89. The molecule has 1 aliphatic heterocycles. The molecule has 7 nitrogen and oxygen atoms in total. The Morgan fingerprint density at radius 3 is 2.70 bits per heavy atom. The van der Waals surface area contributed by atoms with Crippen molar-refractivity contribution in [1.82, 2.24) is 19.9 Å². The van der Waals surface area contributed by atoms with Crippen LogP contribution in [0, 0.1) is 25.2 Å². The molecular weight excluding hydrogens is 381 g/mol. The summed E-state index contributed by atoms with van der Waals surface area (Å²) in [4.78, 5) is 15.3. The molecule has 3 N–H and O–H groups in total. The molecule has 1 aliphatic rings. The van der Waals surface area contributed by atoms with Gasteiger partial charge < -0.3 is 11.1 Å². The molecule has 2 aromatic heterocycles. The molecule has 0 saturated carbocycles. The number of likely N-dealkylation sites (tertiary alicyclic amines) is 1. The first-order chi connectivity index (χ1) is 14.4. The van der Waals surface area contributed by atoms with Gasteiger partial charge in [-0.15, -0.1) is 0 Å². The standard InChI is InChI=1S/C22H24FN7/c1-13-9-14(2)26-21-19(13)20(25)28-22(29-21)27-18-7-8-30(12-17(18)23)11-16-5-3-15(10-24)4-6-16/h3-6,9,17-18H,7-8,11-12H2,1-2H3,(H3,25,26,27,28,29)/t17-,18-/m0/s1. The van der Waals surface area contributed by atoms with Gasteiger partial charge in [-0.05, 0) is 49.6 Å². The number of fused-ring (bicyclic) bond motifs is 1. The van der Waals surface area contributed by atoms with Gasteiger partial charge in [-0.1, -0.05) is 12.1 Å². The molecule has 1 fully saturated rings. The van der Waals surface area contributed by atoms with Crippen molar-refractivity contribution in [3.05, 3.63) is 52.7 Å². The topological polar surface area (TPSA) is 104 Å². The third-order valence-corrected chi connectivity index (χ3v) is 5.45. The number of nitrogens with one attached hydrogen (secondary N) is 1. The van der Waals surface area contributed by atoms with E-state index >= 15 is 0 Å². The van der Waals surface area contributed by atoms with Crippen LogP contribution < -0.4 is 11.1 Å². The van der Waals surface area contributed by atoms with Gasteiger partial charge >= 0.3 is 0 Å². The number of nitrogens with two attached hydrogens (primary N) is 1. The summed E-state index contributed by atoms with van der Waals surface area (Å²) in [5.74, 6) is 0.659. The van der Waals surface area contributed by atoms with Gasteiger partial charge in [0.05, 0.1) is 23.1 Å². The van der Waals surface area contributed by atoms with Crippen LogP contribution in [0.15, 0.2) is 30.3 Å². The van der Waals surface area contributed by atoms with Crippen LogP contribution in [0.2, 0.25) is 0 Å². The lowest BCUT2D eigenvalue weighted by Gasteiger charge is -2.35. The van der Waals surface area contributed by atoms with Crippen molar-refractivity contribution in [2.45, 2.75) is 39.0 Å². The first-order valence-electron chi connectivity index (χ1n) is 9.96. The second-order valence-corrected chi connectivity index (χ2v) is 7.81. The first kappa shape index (κ1) is 20.0. The highest BCUT2D eigenvalue weighted by atomic mass is 19.1. The second kappa shape index (κ2) is 8.20. The van der Waals surface area contributed by atoms with Crippen LogP contribution in [0.1, 0.15) is 28.8 Å². The molecule has 30 heavy (non-hydrogen) atoms. The summed E-state index contributed by atoms with van der Waals surface area (Å²) in [6.45, 7) is 5.57. The number of hydrogen-bond acceptors (Lipinski definition) is 7. The number of nitrogen functional groups attached to an aromatic ring is 1. The molecule has 0 bridgehead atoms. The molecule has 0 radical (unpaired) electrons. The first-order valence-corrected chi connectivity index (χ1v) is 9.96. The minimum Gasteiger partial charge on any atom is -0.383 e. The van der Waals surface area contributed by atoms with Gasteiger partial charge in [-0.2, -0.15) is 15.2 Å². The van der Waals surface area contributed by atoms with E-state index in [1.807, 2.05) is 32.0 Å². The number of benzene rings is 1. The highest BCUT2D eigenvalue weighted by Gasteiger charge is 2.30. The Kier molecular flexibility index (Phi) is 5.46. The number of piperidine rings is 1. The highest BCUT2D eigenvalue weighted by Crippen LogP contribution is 2.25. The zero-order chi connectivity index (χ0) is 21.3. The molecule has 154 valence electrons. The average Bonchev–Trinajstić information content (AvgIpc) is 2.70. The lowest BCUT2D eigenvalue weighted by molar-refractivity contribution is 0.121. The smallest absolute Gasteiger partial charge is 0.227 e. The second-order valence-electron chi connectivity index (χ2n) is 7.81. The van der Waals surface area contributed by atoms with E-state index in [1.54, 1.807) is 12.1 Å². The van der Waals surface area contributed by atoms with Crippen LogP contribution in [-0.4, -0.2) is 45.2 Å². The molecule has 3 aromatic rings. The maximum atomic E-state index is 14.9. The fourth-order valence-corrected chi connectivity index (χ4v) is 3.96. The maximum Gasteiger partial charge on any atom is 0.227 e. The number of anilines is 2. The molecule has 2 atom stereocenters. The summed E-state index contributed by atoms with van der Waals surface area (Å²) in [5, 5.41) is 12.8. The van der Waals surface area contributed by atoms with Crippen molar-refractivity contribution in [3.63, 3.8) is 0 Å². The maximum absolute atomic E-state index is 14.9. The number of aromatic nitrogens is 3. The van der Waals surface area contributed by atoms with Crippen molar-refractivity contribution in [2.75, 3.05) is 24.1 Å². The summed E-state index contributed by atoms with van der Waals surface area (Å²) in [5.41, 5.74) is 10.2. The van der Waals surface area contributed by atoms with Crippen molar-refractivity contribution >= 4 is 22.8 Å².